The minimum absolute atomic E-state index is 0.171. The topological polar surface area (TPSA) is 66.4 Å². The molecule has 0 aliphatic carbocycles. The van der Waals surface area contributed by atoms with E-state index >= 15 is 0 Å². The zero-order chi connectivity index (χ0) is 14.7. The van der Waals surface area contributed by atoms with Crippen LogP contribution in [0.4, 0.5) is 0 Å². The summed E-state index contributed by atoms with van der Waals surface area (Å²) >= 11 is 3.16. The Morgan fingerprint density at radius 2 is 1.89 bits per heavy atom. The molecule has 0 aliphatic heterocycles. The third kappa shape index (κ3) is 5.06. The van der Waals surface area contributed by atoms with E-state index < -0.39 is 15.6 Å². The monoisotopic (exact) mass is 347 g/mol. The second-order valence-electron chi connectivity index (χ2n) is 4.89. The molecule has 0 spiro atoms. The second-order valence-corrected chi connectivity index (χ2v) is 7.59. The lowest BCUT2D eigenvalue weighted by atomic mass is 10.1. The van der Waals surface area contributed by atoms with Gasteiger partial charge in [-0.15, -0.1) is 0 Å². The van der Waals surface area contributed by atoms with Crippen molar-refractivity contribution in [1.29, 1.82) is 0 Å². The number of sulfonamides is 1. The molecule has 0 atom stereocenters. The number of hydrogen-bond donors (Lipinski definition) is 2. The molecule has 0 aromatic heterocycles. The Bertz CT molecular complexity index is 562. The number of aliphatic hydroxyl groups excluding tert-OH is 1. The van der Waals surface area contributed by atoms with Crippen molar-refractivity contribution in [3.63, 3.8) is 0 Å². The van der Waals surface area contributed by atoms with Crippen molar-refractivity contribution >= 4 is 26.0 Å². The highest BCUT2D eigenvalue weighted by atomic mass is 79.9. The summed E-state index contributed by atoms with van der Waals surface area (Å²) in [4.78, 5) is 0.222. The average Bonchev–Trinajstić information content (AvgIpc) is 2.27. The van der Waals surface area contributed by atoms with Crippen molar-refractivity contribution in [3.8, 4) is 0 Å². The first kappa shape index (κ1) is 16.4. The van der Waals surface area contributed by atoms with E-state index in [1.54, 1.807) is 44.2 Å². The molecule has 0 amide bonds. The summed E-state index contributed by atoms with van der Waals surface area (Å²) in [6, 6.07) is 6.64. The lowest BCUT2D eigenvalue weighted by Gasteiger charge is -2.22. The third-order valence-corrected chi connectivity index (χ3v) is 4.56. The number of aliphatic hydroxyl groups is 1. The molecule has 6 heteroatoms. The molecule has 106 valence electrons. The number of benzene rings is 1. The molecular weight excluding hydrogens is 330 g/mol. The lowest BCUT2D eigenvalue weighted by molar-refractivity contribution is 0.338. The van der Waals surface area contributed by atoms with E-state index in [9.17, 15) is 8.42 Å². The van der Waals surface area contributed by atoms with Crippen LogP contribution in [-0.2, 0) is 10.0 Å². The molecule has 0 heterocycles. The van der Waals surface area contributed by atoms with Gasteiger partial charge in [-0.25, -0.2) is 13.1 Å². The van der Waals surface area contributed by atoms with Gasteiger partial charge in [0.15, 0.2) is 0 Å². The molecule has 0 bridgehead atoms. The Labute approximate surface area is 122 Å². The predicted molar refractivity (Wildman–Crippen MR) is 79.7 cm³/mol. The molecule has 4 nitrogen and oxygen atoms in total. The highest BCUT2D eigenvalue weighted by Gasteiger charge is 2.24. The molecule has 0 saturated heterocycles. The van der Waals surface area contributed by atoms with Crippen molar-refractivity contribution < 1.29 is 13.5 Å². The second kappa shape index (κ2) is 6.17. The lowest BCUT2D eigenvalue weighted by Crippen LogP contribution is -2.41. The van der Waals surface area contributed by atoms with Crippen LogP contribution in [0.1, 0.15) is 19.4 Å². The van der Waals surface area contributed by atoms with Crippen LogP contribution in [-0.4, -0.2) is 25.7 Å². The third-order valence-electron chi connectivity index (χ3n) is 2.40. The first-order valence-corrected chi connectivity index (χ1v) is 8.03. The van der Waals surface area contributed by atoms with E-state index in [4.69, 9.17) is 5.11 Å². The van der Waals surface area contributed by atoms with E-state index in [1.165, 1.54) is 0 Å². The number of nitrogens with one attached hydrogen (secondary N) is 1. The van der Waals surface area contributed by atoms with E-state index in [2.05, 4.69) is 20.7 Å². The number of rotatable bonds is 5. The molecule has 1 rings (SSSR count). The summed E-state index contributed by atoms with van der Waals surface area (Å²) in [6.45, 7) is 5.16. The molecule has 19 heavy (non-hydrogen) atoms. The minimum Gasteiger partial charge on any atom is -0.391 e. The summed E-state index contributed by atoms with van der Waals surface area (Å²) in [5, 5.41) is 8.95. The fourth-order valence-electron chi connectivity index (χ4n) is 1.59. The minimum atomic E-state index is -3.59. The maximum atomic E-state index is 12.2. The highest BCUT2D eigenvalue weighted by Crippen LogP contribution is 2.17. The van der Waals surface area contributed by atoms with Crippen molar-refractivity contribution in [3.05, 3.63) is 40.4 Å². The van der Waals surface area contributed by atoms with Gasteiger partial charge in [-0.3, -0.25) is 0 Å². The molecule has 0 aliphatic rings. The fraction of sp³-hybridized carbons (Fsp3) is 0.385. The van der Waals surface area contributed by atoms with Crippen molar-refractivity contribution in [2.75, 3.05) is 6.61 Å². The predicted octanol–water partition coefficient (Wildman–Crippen LogP) is 2.32. The van der Waals surface area contributed by atoms with Crippen molar-refractivity contribution in [2.45, 2.75) is 31.2 Å². The number of halogens is 1. The van der Waals surface area contributed by atoms with Crippen LogP contribution in [0.25, 0.3) is 0 Å². The molecule has 0 fully saturated rings. The van der Waals surface area contributed by atoms with E-state index in [0.717, 1.165) is 5.56 Å². The van der Waals surface area contributed by atoms with Crippen LogP contribution in [0.5, 0.6) is 0 Å². The largest absolute Gasteiger partial charge is 0.391 e. The van der Waals surface area contributed by atoms with Gasteiger partial charge in [0.05, 0.1) is 11.5 Å². The molecular formula is C13H18BrNO3S. The van der Waals surface area contributed by atoms with Crippen LogP contribution in [0.2, 0.25) is 0 Å². The summed E-state index contributed by atoms with van der Waals surface area (Å²) in [7, 11) is -3.59. The highest BCUT2D eigenvalue weighted by molar-refractivity contribution is 9.11. The van der Waals surface area contributed by atoms with Gasteiger partial charge in [0.2, 0.25) is 10.0 Å². The average molecular weight is 348 g/mol. The quantitative estimate of drug-likeness (QED) is 0.858. The van der Waals surface area contributed by atoms with E-state index in [0.29, 0.717) is 4.48 Å². The molecule has 0 unspecified atom stereocenters. The van der Waals surface area contributed by atoms with E-state index in [-0.39, 0.29) is 11.5 Å². The Morgan fingerprint density at radius 3 is 2.37 bits per heavy atom. The Morgan fingerprint density at radius 1 is 1.37 bits per heavy atom. The molecule has 1 aromatic rings. The summed E-state index contributed by atoms with van der Waals surface area (Å²) in [5.41, 5.74) is 0.201. The molecule has 1 aromatic carbocycles. The maximum Gasteiger partial charge on any atom is 0.241 e. The van der Waals surface area contributed by atoms with Gasteiger partial charge < -0.3 is 5.11 Å². The summed E-state index contributed by atoms with van der Waals surface area (Å²) in [5.74, 6) is 0. The van der Waals surface area contributed by atoms with Gasteiger partial charge in [-0.2, -0.15) is 0 Å². The Hall–Kier alpha value is -0.690. The van der Waals surface area contributed by atoms with Gasteiger partial charge in [0.1, 0.15) is 0 Å². The normalized spacial score (nSPS) is 13.6. The molecule has 0 saturated carbocycles. The Balaban J connectivity index is 3.00. The zero-order valence-corrected chi connectivity index (χ0v) is 13.5. The van der Waals surface area contributed by atoms with Crippen LogP contribution in [0, 0.1) is 6.92 Å². The van der Waals surface area contributed by atoms with Crippen LogP contribution in [0.3, 0.4) is 0 Å². The standard InChI is InChI=1S/C13H18BrNO3S/c1-10-4-6-12(7-5-10)19(17,18)15-13(2,3)8-11(14)9-16/h4-8,15-16H,9H2,1-3H3/b11-8-. The Kier molecular flexibility index (Phi) is 5.32. The smallest absolute Gasteiger partial charge is 0.241 e. The van der Waals surface area contributed by atoms with Crippen LogP contribution in [0.15, 0.2) is 39.7 Å². The zero-order valence-electron chi connectivity index (χ0n) is 11.1. The number of hydrogen-bond acceptors (Lipinski definition) is 3. The summed E-state index contributed by atoms with van der Waals surface area (Å²) in [6.07, 6.45) is 1.62. The maximum absolute atomic E-state index is 12.2. The van der Waals surface area contributed by atoms with E-state index in [1.807, 2.05) is 6.92 Å². The number of aryl methyl sites for hydroxylation is 1. The van der Waals surface area contributed by atoms with Gasteiger partial charge >= 0.3 is 0 Å². The van der Waals surface area contributed by atoms with Gasteiger partial charge in [-0.05, 0) is 32.9 Å². The van der Waals surface area contributed by atoms with Gasteiger partial charge in [0.25, 0.3) is 0 Å². The summed E-state index contributed by atoms with van der Waals surface area (Å²) < 4.78 is 27.5. The van der Waals surface area contributed by atoms with Crippen molar-refractivity contribution in [1.82, 2.24) is 4.72 Å². The fourth-order valence-corrected chi connectivity index (χ4v) is 3.53. The molecule has 0 radical (unpaired) electrons. The van der Waals surface area contributed by atoms with Gasteiger partial charge in [-0.1, -0.05) is 39.7 Å². The first-order valence-electron chi connectivity index (χ1n) is 5.75. The van der Waals surface area contributed by atoms with Gasteiger partial charge in [0, 0.05) is 10.0 Å². The SMILES string of the molecule is Cc1ccc(S(=O)(=O)NC(C)(C)/C=C(\Br)CO)cc1. The van der Waals surface area contributed by atoms with Crippen molar-refractivity contribution in [2.24, 2.45) is 0 Å². The molecule has 2 N–H and O–H groups in total. The van der Waals surface area contributed by atoms with Crippen LogP contribution >= 0.6 is 15.9 Å². The van der Waals surface area contributed by atoms with Crippen LogP contribution < -0.4 is 4.72 Å². The first-order chi connectivity index (χ1) is 8.66.